The van der Waals surface area contributed by atoms with Crippen LogP contribution in [0.2, 0.25) is 0 Å². The lowest BCUT2D eigenvalue weighted by Crippen LogP contribution is -2.23. The summed E-state index contributed by atoms with van der Waals surface area (Å²) in [5.74, 6) is 0. The van der Waals surface area contributed by atoms with Gasteiger partial charge in [-0.2, -0.15) is 0 Å². The van der Waals surface area contributed by atoms with Gasteiger partial charge in [-0.15, -0.1) is 0 Å². The van der Waals surface area contributed by atoms with Crippen LogP contribution in [0.4, 0.5) is 22.7 Å². The Balaban J connectivity index is 0.000000704. The molecule has 1 aliphatic rings. The molecule has 0 saturated heterocycles. The van der Waals surface area contributed by atoms with Gasteiger partial charge in [0, 0.05) is 28.8 Å². The van der Waals surface area contributed by atoms with Crippen molar-refractivity contribution in [3.05, 3.63) is 48.0 Å². The van der Waals surface area contributed by atoms with E-state index in [1.807, 2.05) is 32.0 Å². The second kappa shape index (κ2) is 5.87. The zero-order chi connectivity index (χ0) is 14.7. The Labute approximate surface area is 121 Å². The summed E-state index contributed by atoms with van der Waals surface area (Å²) in [6.07, 6.45) is 1.03. The van der Waals surface area contributed by atoms with Gasteiger partial charge in [0.15, 0.2) is 0 Å². The van der Waals surface area contributed by atoms with Crippen molar-refractivity contribution in [1.29, 1.82) is 0 Å². The van der Waals surface area contributed by atoms with Gasteiger partial charge in [0.1, 0.15) is 0 Å². The van der Waals surface area contributed by atoms with Crippen LogP contribution in [0.25, 0.3) is 0 Å². The number of nitrogens with two attached hydrogens (primary N) is 2. The van der Waals surface area contributed by atoms with Crippen LogP contribution in [-0.2, 0) is 6.42 Å². The molecule has 3 rings (SSSR count). The third-order valence-corrected chi connectivity index (χ3v) is 3.49. The molecule has 0 amide bonds. The molecule has 2 aromatic carbocycles. The fraction of sp³-hybridized carbons (Fsp3) is 0.294. The highest BCUT2D eigenvalue weighted by Gasteiger charge is 2.26. The van der Waals surface area contributed by atoms with E-state index < -0.39 is 0 Å². The summed E-state index contributed by atoms with van der Waals surface area (Å²) in [6, 6.07) is 14.6. The summed E-state index contributed by atoms with van der Waals surface area (Å²) in [5.41, 5.74) is 17.0. The highest BCUT2D eigenvalue weighted by molar-refractivity contribution is 5.73. The molecule has 3 heteroatoms. The highest BCUT2D eigenvalue weighted by Crippen LogP contribution is 2.39. The van der Waals surface area contributed by atoms with E-state index in [0.717, 1.165) is 17.8 Å². The van der Waals surface area contributed by atoms with Crippen molar-refractivity contribution < 1.29 is 0 Å². The number of nitrogens with zero attached hydrogens (tertiary/aromatic N) is 1. The van der Waals surface area contributed by atoms with Crippen molar-refractivity contribution in [2.24, 2.45) is 0 Å². The van der Waals surface area contributed by atoms with Crippen LogP contribution in [0.5, 0.6) is 0 Å². The Hall–Kier alpha value is -2.16. The first-order chi connectivity index (χ1) is 9.65. The van der Waals surface area contributed by atoms with E-state index in [4.69, 9.17) is 11.5 Å². The van der Waals surface area contributed by atoms with Gasteiger partial charge in [-0.25, -0.2) is 0 Å². The predicted octanol–water partition coefficient (Wildman–Crippen LogP) is 3.96. The fourth-order valence-corrected chi connectivity index (χ4v) is 2.68. The van der Waals surface area contributed by atoms with Crippen LogP contribution in [0.1, 0.15) is 26.3 Å². The first-order valence-corrected chi connectivity index (χ1v) is 7.18. The SMILES string of the molecule is CC.CC1Cc2cc(N)ccc2N1c1ccc(N)cc1. The average Bonchev–Trinajstić information content (AvgIpc) is 2.77. The average molecular weight is 269 g/mol. The number of hydrogen-bond acceptors (Lipinski definition) is 3. The standard InChI is InChI=1S/C15H17N3.C2H6/c1-10-8-11-9-13(17)4-7-15(11)18(10)14-5-2-12(16)3-6-14;1-2/h2-7,9-10H,8,16-17H2,1H3;1-2H3. The topological polar surface area (TPSA) is 55.3 Å². The zero-order valence-electron chi connectivity index (χ0n) is 12.4. The minimum Gasteiger partial charge on any atom is -0.399 e. The molecule has 0 fully saturated rings. The van der Waals surface area contributed by atoms with Gasteiger partial charge in [0.25, 0.3) is 0 Å². The van der Waals surface area contributed by atoms with Crippen LogP contribution in [-0.4, -0.2) is 6.04 Å². The van der Waals surface area contributed by atoms with E-state index in [1.165, 1.54) is 16.9 Å². The summed E-state index contributed by atoms with van der Waals surface area (Å²) in [7, 11) is 0. The smallest absolute Gasteiger partial charge is 0.0448 e. The third kappa shape index (κ3) is 2.57. The van der Waals surface area contributed by atoms with Gasteiger partial charge in [0.05, 0.1) is 0 Å². The Morgan fingerprint density at radius 2 is 1.55 bits per heavy atom. The van der Waals surface area contributed by atoms with E-state index in [2.05, 4.69) is 36.1 Å². The first kappa shape index (κ1) is 14.3. The van der Waals surface area contributed by atoms with E-state index >= 15 is 0 Å². The molecular formula is C17H23N3. The van der Waals surface area contributed by atoms with E-state index in [9.17, 15) is 0 Å². The molecule has 106 valence electrons. The molecule has 0 aliphatic carbocycles. The fourth-order valence-electron chi connectivity index (χ4n) is 2.68. The Kier molecular flexibility index (Phi) is 4.18. The van der Waals surface area contributed by atoms with Crippen molar-refractivity contribution >= 4 is 22.7 Å². The van der Waals surface area contributed by atoms with Crippen LogP contribution < -0.4 is 16.4 Å². The molecule has 2 aromatic rings. The Morgan fingerprint density at radius 3 is 2.20 bits per heavy atom. The maximum atomic E-state index is 5.85. The second-order valence-corrected chi connectivity index (χ2v) is 4.90. The molecule has 1 unspecified atom stereocenters. The van der Waals surface area contributed by atoms with Gasteiger partial charge >= 0.3 is 0 Å². The summed E-state index contributed by atoms with van der Waals surface area (Å²) in [6.45, 7) is 6.23. The molecular weight excluding hydrogens is 246 g/mol. The Morgan fingerprint density at radius 1 is 0.950 bits per heavy atom. The maximum absolute atomic E-state index is 5.85. The molecule has 3 nitrogen and oxygen atoms in total. The normalized spacial score (nSPS) is 16.4. The second-order valence-electron chi connectivity index (χ2n) is 4.90. The van der Waals surface area contributed by atoms with Crippen molar-refractivity contribution in [2.45, 2.75) is 33.2 Å². The largest absolute Gasteiger partial charge is 0.399 e. The number of fused-ring (bicyclic) bond motifs is 1. The monoisotopic (exact) mass is 269 g/mol. The van der Waals surface area contributed by atoms with Crippen LogP contribution in [0.15, 0.2) is 42.5 Å². The van der Waals surface area contributed by atoms with E-state index in [1.54, 1.807) is 0 Å². The number of hydrogen-bond donors (Lipinski definition) is 2. The highest BCUT2D eigenvalue weighted by atomic mass is 15.2. The van der Waals surface area contributed by atoms with Crippen molar-refractivity contribution in [3.63, 3.8) is 0 Å². The number of nitrogen functional groups attached to an aromatic ring is 2. The van der Waals surface area contributed by atoms with Crippen LogP contribution in [0.3, 0.4) is 0 Å². The molecule has 0 bridgehead atoms. The predicted molar refractivity (Wildman–Crippen MR) is 88.4 cm³/mol. The van der Waals surface area contributed by atoms with Gasteiger partial charge in [0.2, 0.25) is 0 Å². The molecule has 0 saturated carbocycles. The Bertz CT molecular complexity index is 575. The van der Waals surface area contributed by atoms with E-state index in [0.29, 0.717) is 6.04 Å². The van der Waals surface area contributed by atoms with Gasteiger partial charge in [-0.3, -0.25) is 0 Å². The molecule has 20 heavy (non-hydrogen) atoms. The molecule has 1 heterocycles. The molecule has 0 spiro atoms. The lowest BCUT2D eigenvalue weighted by atomic mass is 10.1. The van der Waals surface area contributed by atoms with E-state index in [-0.39, 0.29) is 0 Å². The lowest BCUT2D eigenvalue weighted by Gasteiger charge is -2.25. The molecule has 0 radical (unpaired) electrons. The first-order valence-electron chi connectivity index (χ1n) is 7.18. The third-order valence-electron chi connectivity index (χ3n) is 3.49. The molecule has 1 aliphatic heterocycles. The summed E-state index contributed by atoms with van der Waals surface area (Å²) in [4.78, 5) is 2.34. The quantitative estimate of drug-likeness (QED) is 0.770. The van der Waals surface area contributed by atoms with Gasteiger partial charge in [-0.05, 0) is 61.4 Å². The van der Waals surface area contributed by atoms with Crippen molar-refractivity contribution in [3.8, 4) is 0 Å². The van der Waals surface area contributed by atoms with Gasteiger partial charge in [-0.1, -0.05) is 13.8 Å². The number of rotatable bonds is 1. The minimum absolute atomic E-state index is 0.449. The van der Waals surface area contributed by atoms with Crippen molar-refractivity contribution in [2.75, 3.05) is 16.4 Å². The molecule has 1 atom stereocenters. The number of anilines is 4. The zero-order valence-corrected chi connectivity index (χ0v) is 12.4. The van der Waals surface area contributed by atoms with Crippen LogP contribution in [0, 0.1) is 0 Å². The molecule has 4 N–H and O–H groups in total. The lowest BCUT2D eigenvalue weighted by molar-refractivity contribution is 0.759. The maximum Gasteiger partial charge on any atom is 0.0448 e. The molecule has 0 aromatic heterocycles. The van der Waals surface area contributed by atoms with Crippen molar-refractivity contribution in [1.82, 2.24) is 0 Å². The summed E-state index contributed by atoms with van der Waals surface area (Å²) < 4.78 is 0. The minimum atomic E-state index is 0.449. The summed E-state index contributed by atoms with van der Waals surface area (Å²) in [5, 5.41) is 0. The number of benzene rings is 2. The summed E-state index contributed by atoms with van der Waals surface area (Å²) >= 11 is 0. The van der Waals surface area contributed by atoms with Gasteiger partial charge < -0.3 is 16.4 Å². The van der Waals surface area contributed by atoms with Crippen LogP contribution >= 0.6 is 0 Å².